The molecule has 1 fully saturated rings. The number of fused-ring (bicyclic) bond motifs is 1. The van der Waals surface area contributed by atoms with Crippen molar-refractivity contribution in [3.63, 3.8) is 0 Å². The molecule has 0 aliphatic heterocycles. The van der Waals surface area contributed by atoms with Gasteiger partial charge in [-0.3, -0.25) is 4.79 Å². The Kier molecular flexibility index (Phi) is 6.86. The fourth-order valence-corrected chi connectivity index (χ4v) is 5.87. The first-order chi connectivity index (χ1) is 14.9. The number of nitrogens with one attached hydrogen (secondary N) is 2. The lowest BCUT2D eigenvalue weighted by Crippen LogP contribution is -2.36. The van der Waals surface area contributed by atoms with Crippen LogP contribution in [0, 0.1) is 11.8 Å². The Morgan fingerprint density at radius 3 is 2.55 bits per heavy atom. The van der Waals surface area contributed by atoms with Crippen molar-refractivity contribution in [2.75, 3.05) is 6.54 Å². The van der Waals surface area contributed by atoms with Gasteiger partial charge in [-0.2, -0.15) is 8.75 Å². The molecule has 1 aliphatic carbocycles. The number of carbonyl (C=O) groups excluding carboxylic acids is 1. The zero-order chi connectivity index (χ0) is 21.8. The van der Waals surface area contributed by atoms with Gasteiger partial charge in [0.05, 0.1) is 11.7 Å². The standard InChI is InChI=1S/C21H23ClN4O3S2/c22-17-10-6-14(7-11-17)12-23-21(27)16-8-4-15(5-9-16)13-24-31(28,29)19-3-1-2-18-20(19)26-30-25-18/h1-3,6-7,10-11,15-16,24H,4-5,8-9,12-13H2,(H,23,27). The second-order valence-corrected chi connectivity index (χ2v) is 10.5. The largest absolute Gasteiger partial charge is 0.352 e. The molecule has 0 radical (unpaired) electrons. The van der Waals surface area contributed by atoms with Gasteiger partial charge in [0.2, 0.25) is 15.9 Å². The van der Waals surface area contributed by atoms with Gasteiger partial charge in [0, 0.05) is 24.0 Å². The van der Waals surface area contributed by atoms with E-state index in [1.165, 1.54) is 0 Å². The van der Waals surface area contributed by atoms with Crippen LogP contribution in [0.25, 0.3) is 11.0 Å². The minimum atomic E-state index is -3.66. The molecule has 2 N–H and O–H groups in total. The zero-order valence-corrected chi connectivity index (χ0v) is 19.1. The third-order valence-electron chi connectivity index (χ3n) is 5.70. The molecule has 0 spiro atoms. The molecule has 1 aliphatic rings. The van der Waals surface area contributed by atoms with Crippen LogP contribution in [0.1, 0.15) is 31.2 Å². The summed E-state index contributed by atoms with van der Waals surface area (Å²) < 4.78 is 36.4. The lowest BCUT2D eigenvalue weighted by molar-refractivity contribution is -0.126. The summed E-state index contributed by atoms with van der Waals surface area (Å²) in [5.74, 6) is 0.231. The summed E-state index contributed by atoms with van der Waals surface area (Å²) in [7, 11) is -3.66. The predicted molar refractivity (Wildman–Crippen MR) is 121 cm³/mol. The van der Waals surface area contributed by atoms with Gasteiger partial charge in [-0.25, -0.2) is 13.1 Å². The van der Waals surface area contributed by atoms with Gasteiger partial charge in [0.25, 0.3) is 0 Å². The van der Waals surface area contributed by atoms with E-state index >= 15 is 0 Å². The Hall–Kier alpha value is -2.07. The van der Waals surface area contributed by atoms with E-state index in [1.54, 1.807) is 30.3 Å². The number of aromatic nitrogens is 2. The van der Waals surface area contributed by atoms with Gasteiger partial charge in [0.1, 0.15) is 15.9 Å². The van der Waals surface area contributed by atoms with E-state index in [0.29, 0.717) is 29.1 Å². The summed E-state index contributed by atoms with van der Waals surface area (Å²) in [5, 5.41) is 3.66. The number of carbonyl (C=O) groups is 1. The Bertz CT molecular complexity index is 1160. The third-order valence-corrected chi connectivity index (χ3v) is 7.95. The molecule has 1 heterocycles. The van der Waals surface area contributed by atoms with Gasteiger partial charge in [-0.15, -0.1) is 0 Å². The highest BCUT2D eigenvalue weighted by atomic mass is 35.5. The minimum absolute atomic E-state index is 0.0324. The van der Waals surface area contributed by atoms with Gasteiger partial charge in [0.15, 0.2) is 0 Å². The molecule has 0 atom stereocenters. The Labute approximate surface area is 190 Å². The van der Waals surface area contributed by atoms with Crippen LogP contribution in [0.3, 0.4) is 0 Å². The Balaban J connectivity index is 1.26. The smallest absolute Gasteiger partial charge is 0.242 e. The van der Waals surface area contributed by atoms with Crippen molar-refractivity contribution in [2.45, 2.75) is 37.1 Å². The summed E-state index contributed by atoms with van der Waals surface area (Å²) >= 11 is 6.88. The van der Waals surface area contributed by atoms with Gasteiger partial charge >= 0.3 is 0 Å². The summed E-state index contributed by atoms with van der Waals surface area (Å²) in [6.45, 7) is 0.835. The van der Waals surface area contributed by atoms with Crippen molar-refractivity contribution in [3.8, 4) is 0 Å². The van der Waals surface area contributed by atoms with Crippen molar-refractivity contribution in [1.82, 2.24) is 18.8 Å². The van der Waals surface area contributed by atoms with Crippen LogP contribution in [0.4, 0.5) is 0 Å². The van der Waals surface area contributed by atoms with Crippen LogP contribution in [0.2, 0.25) is 5.02 Å². The fourth-order valence-electron chi connectivity index (χ4n) is 3.87. The number of rotatable bonds is 7. The fraction of sp³-hybridized carbons (Fsp3) is 0.381. The van der Waals surface area contributed by atoms with Gasteiger partial charge in [-0.05, 0) is 61.4 Å². The van der Waals surface area contributed by atoms with Crippen molar-refractivity contribution in [1.29, 1.82) is 0 Å². The number of hydrogen-bond donors (Lipinski definition) is 2. The van der Waals surface area contributed by atoms with Crippen LogP contribution in [0.5, 0.6) is 0 Å². The molecule has 1 amide bonds. The number of amides is 1. The number of sulfonamides is 1. The highest BCUT2D eigenvalue weighted by Gasteiger charge is 2.28. The van der Waals surface area contributed by atoms with E-state index in [-0.39, 0.29) is 22.6 Å². The number of nitrogens with zero attached hydrogens (tertiary/aromatic N) is 2. The molecule has 164 valence electrons. The maximum Gasteiger partial charge on any atom is 0.242 e. The molecular weight excluding hydrogens is 456 g/mol. The van der Waals surface area contributed by atoms with E-state index in [9.17, 15) is 13.2 Å². The van der Waals surface area contributed by atoms with Crippen molar-refractivity contribution in [2.24, 2.45) is 11.8 Å². The molecule has 31 heavy (non-hydrogen) atoms. The molecule has 10 heteroatoms. The number of benzene rings is 2. The van der Waals surface area contributed by atoms with E-state index < -0.39 is 10.0 Å². The zero-order valence-electron chi connectivity index (χ0n) is 16.8. The first-order valence-corrected chi connectivity index (χ1v) is 12.7. The predicted octanol–water partition coefficient (Wildman–Crippen LogP) is 3.75. The van der Waals surface area contributed by atoms with Crippen LogP contribution < -0.4 is 10.0 Å². The monoisotopic (exact) mass is 478 g/mol. The lowest BCUT2D eigenvalue weighted by atomic mass is 9.81. The van der Waals surface area contributed by atoms with Crippen molar-refractivity contribution in [3.05, 3.63) is 53.1 Å². The van der Waals surface area contributed by atoms with Gasteiger partial charge in [-0.1, -0.05) is 29.8 Å². The molecular formula is C21H23ClN4O3S2. The average Bonchev–Trinajstić information content (AvgIpc) is 3.26. The van der Waals surface area contributed by atoms with E-state index in [4.69, 9.17) is 11.6 Å². The highest BCUT2D eigenvalue weighted by molar-refractivity contribution is 7.89. The average molecular weight is 479 g/mol. The van der Waals surface area contributed by atoms with Crippen LogP contribution in [-0.4, -0.2) is 29.6 Å². The second kappa shape index (κ2) is 9.60. The van der Waals surface area contributed by atoms with E-state index in [1.807, 2.05) is 12.1 Å². The molecule has 0 bridgehead atoms. The summed E-state index contributed by atoms with van der Waals surface area (Å²) in [4.78, 5) is 12.6. The Morgan fingerprint density at radius 2 is 1.81 bits per heavy atom. The summed E-state index contributed by atoms with van der Waals surface area (Å²) in [6, 6.07) is 12.4. The quantitative estimate of drug-likeness (QED) is 0.538. The van der Waals surface area contributed by atoms with E-state index in [0.717, 1.165) is 43.0 Å². The number of halogens is 1. The maximum atomic E-state index is 12.8. The van der Waals surface area contributed by atoms with Crippen LogP contribution >= 0.6 is 23.3 Å². The van der Waals surface area contributed by atoms with Gasteiger partial charge < -0.3 is 5.32 Å². The normalized spacial score (nSPS) is 19.4. The van der Waals surface area contributed by atoms with Crippen LogP contribution in [-0.2, 0) is 21.4 Å². The molecule has 7 nitrogen and oxygen atoms in total. The molecule has 0 saturated heterocycles. The van der Waals surface area contributed by atoms with Crippen molar-refractivity contribution >= 4 is 50.3 Å². The summed E-state index contributed by atoms with van der Waals surface area (Å²) in [5.41, 5.74) is 1.99. The lowest BCUT2D eigenvalue weighted by Gasteiger charge is -2.28. The topological polar surface area (TPSA) is 101 Å². The minimum Gasteiger partial charge on any atom is -0.352 e. The molecule has 3 aromatic rings. The van der Waals surface area contributed by atoms with Crippen molar-refractivity contribution < 1.29 is 13.2 Å². The van der Waals surface area contributed by atoms with E-state index in [2.05, 4.69) is 18.8 Å². The number of hydrogen-bond acceptors (Lipinski definition) is 6. The van der Waals surface area contributed by atoms with Crippen LogP contribution in [0.15, 0.2) is 47.4 Å². The maximum absolute atomic E-state index is 12.8. The summed E-state index contributed by atoms with van der Waals surface area (Å²) in [6.07, 6.45) is 3.13. The first-order valence-electron chi connectivity index (χ1n) is 10.2. The SMILES string of the molecule is O=C(NCc1ccc(Cl)cc1)C1CCC(CNS(=O)(=O)c2cccc3nsnc23)CC1. The Morgan fingerprint density at radius 1 is 1.06 bits per heavy atom. The second-order valence-electron chi connectivity index (χ2n) is 7.80. The first kappa shape index (κ1) is 22.1. The third kappa shape index (κ3) is 5.41. The molecule has 2 aromatic carbocycles. The molecule has 0 unspecified atom stereocenters. The molecule has 1 saturated carbocycles. The highest BCUT2D eigenvalue weighted by Crippen LogP contribution is 2.29. The molecule has 1 aromatic heterocycles. The molecule has 4 rings (SSSR count).